The molecule has 6 nitrogen and oxygen atoms in total. The minimum atomic E-state index is -4.18. The quantitative estimate of drug-likeness (QED) is 0.791. The molecule has 0 atom stereocenters. The summed E-state index contributed by atoms with van der Waals surface area (Å²) in [5.74, 6) is -0.970. The average Bonchev–Trinajstić information content (AvgIpc) is 2.65. The Kier molecular flexibility index (Phi) is 2.50. The van der Waals surface area contributed by atoms with Crippen molar-refractivity contribution in [3.8, 4) is 0 Å². The lowest BCUT2D eigenvalue weighted by Gasteiger charge is -2.13. The molecule has 0 radical (unpaired) electrons. The number of pyridine rings is 1. The second kappa shape index (κ2) is 3.71. The average molecular weight is 245 g/mol. The van der Waals surface area contributed by atoms with Crippen molar-refractivity contribution in [1.29, 1.82) is 0 Å². The number of sulfonamides is 1. The molecule has 86 valence electrons. The Morgan fingerprint density at radius 3 is 2.81 bits per heavy atom. The molecule has 1 saturated heterocycles. The first-order valence-corrected chi connectivity index (χ1v) is 5.88. The van der Waals surface area contributed by atoms with E-state index in [1.165, 1.54) is 6.07 Å². The molecular weight excluding hydrogens is 237 g/mol. The molecule has 16 heavy (non-hydrogen) atoms. The molecule has 0 unspecified atom stereocenters. The van der Waals surface area contributed by atoms with Crippen molar-refractivity contribution in [2.75, 3.05) is 13.1 Å². The first-order valence-electron chi connectivity index (χ1n) is 4.44. The topological polar surface area (TPSA) is 79.4 Å². The Morgan fingerprint density at radius 2 is 2.25 bits per heavy atom. The number of carbonyl (C=O) groups is 1. The van der Waals surface area contributed by atoms with Crippen molar-refractivity contribution in [1.82, 2.24) is 14.6 Å². The molecule has 1 aromatic rings. The number of halogens is 1. The van der Waals surface area contributed by atoms with E-state index < -0.39 is 26.9 Å². The molecule has 1 aliphatic heterocycles. The highest BCUT2D eigenvalue weighted by Crippen LogP contribution is 2.17. The molecule has 1 fully saturated rings. The van der Waals surface area contributed by atoms with Crippen molar-refractivity contribution >= 4 is 16.1 Å². The van der Waals surface area contributed by atoms with E-state index in [-0.39, 0.29) is 13.1 Å². The normalized spacial score (nSPS) is 16.3. The van der Waals surface area contributed by atoms with Crippen LogP contribution < -0.4 is 5.32 Å². The number of nitrogens with one attached hydrogen (secondary N) is 1. The molecule has 2 rings (SSSR count). The van der Waals surface area contributed by atoms with E-state index in [1.54, 1.807) is 0 Å². The standard InChI is InChI=1S/C8H8FN3O3S/c9-6-2-1-3-10-7(6)16(14,15)12-5-4-11-8(12)13/h1-3H,4-5H2,(H,11,13). The van der Waals surface area contributed by atoms with Crippen molar-refractivity contribution < 1.29 is 17.6 Å². The molecule has 1 aromatic heterocycles. The van der Waals surface area contributed by atoms with Gasteiger partial charge in [-0.15, -0.1) is 0 Å². The SMILES string of the molecule is O=C1NCCN1S(=O)(=O)c1ncccc1F. The van der Waals surface area contributed by atoms with Gasteiger partial charge < -0.3 is 5.32 Å². The van der Waals surface area contributed by atoms with E-state index in [9.17, 15) is 17.6 Å². The highest BCUT2D eigenvalue weighted by Gasteiger charge is 2.35. The number of aromatic nitrogens is 1. The first-order chi connectivity index (χ1) is 7.53. The fraction of sp³-hybridized carbons (Fsp3) is 0.250. The van der Waals surface area contributed by atoms with Gasteiger partial charge in [0.05, 0.1) is 6.54 Å². The summed E-state index contributed by atoms with van der Waals surface area (Å²) in [5.41, 5.74) is 0. The number of hydrogen-bond acceptors (Lipinski definition) is 4. The zero-order valence-corrected chi connectivity index (χ0v) is 8.87. The lowest BCUT2D eigenvalue weighted by atomic mass is 10.5. The van der Waals surface area contributed by atoms with Gasteiger partial charge in [-0.1, -0.05) is 0 Å². The molecule has 0 spiro atoms. The maximum atomic E-state index is 13.3. The first kappa shape index (κ1) is 10.8. The summed E-state index contributed by atoms with van der Waals surface area (Å²) in [7, 11) is -4.18. The van der Waals surface area contributed by atoms with Crippen LogP contribution in [-0.2, 0) is 10.0 Å². The van der Waals surface area contributed by atoms with E-state index in [0.29, 0.717) is 4.31 Å². The fourth-order valence-electron chi connectivity index (χ4n) is 1.35. The van der Waals surface area contributed by atoms with Crippen LogP contribution in [0.25, 0.3) is 0 Å². The molecule has 0 bridgehead atoms. The van der Waals surface area contributed by atoms with Gasteiger partial charge in [-0.25, -0.2) is 18.5 Å². The summed E-state index contributed by atoms with van der Waals surface area (Å²) >= 11 is 0. The predicted molar refractivity (Wildman–Crippen MR) is 51.5 cm³/mol. The van der Waals surface area contributed by atoms with Gasteiger partial charge in [0.1, 0.15) is 0 Å². The van der Waals surface area contributed by atoms with Gasteiger partial charge in [0.15, 0.2) is 5.82 Å². The van der Waals surface area contributed by atoms with Gasteiger partial charge in [0, 0.05) is 12.7 Å². The molecule has 1 aliphatic rings. The Labute approximate surface area is 91.1 Å². The van der Waals surface area contributed by atoms with Crippen LogP contribution in [0.3, 0.4) is 0 Å². The van der Waals surface area contributed by atoms with Crippen LogP contribution in [0.2, 0.25) is 0 Å². The highest BCUT2D eigenvalue weighted by molar-refractivity contribution is 7.89. The summed E-state index contributed by atoms with van der Waals surface area (Å²) in [6.45, 7) is 0.198. The maximum absolute atomic E-state index is 13.3. The lowest BCUT2D eigenvalue weighted by molar-refractivity contribution is 0.235. The molecule has 8 heteroatoms. The van der Waals surface area contributed by atoms with Crippen molar-refractivity contribution in [3.05, 3.63) is 24.1 Å². The van der Waals surface area contributed by atoms with Crippen molar-refractivity contribution in [2.24, 2.45) is 0 Å². The Balaban J connectivity index is 2.47. The van der Waals surface area contributed by atoms with Gasteiger partial charge in [-0.2, -0.15) is 8.42 Å². The van der Waals surface area contributed by atoms with Crippen molar-refractivity contribution in [3.63, 3.8) is 0 Å². The lowest BCUT2D eigenvalue weighted by Crippen LogP contribution is -2.35. The van der Waals surface area contributed by atoms with Crippen LogP contribution in [-0.4, -0.2) is 36.8 Å². The minimum absolute atomic E-state index is 0.0167. The monoisotopic (exact) mass is 245 g/mol. The third-order valence-corrected chi connectivity index (χ3v) is 3.79. The van der Waals surface area contributed by atoms with Crippen LogP contribution in [0.1, 0.15) is 0 Å². The largest absolute Gasteiger partial charge is 0.335 e. The smallest absolute Gasteiger partial charge is 0.331 e. The van der Waals surface area contributed by atoms with E-state index in [1.807, 2.05) is 0 Å². The number of rotatable bonds is 2. The van der Waals surface area contributed by atoms with Gasteiger partial charge in [-0.05, 0) is 12.1 Å². The van der Waals surface area contributed by atoms with Crippen LogP contribution in [0.5, 0.6) is 0 Å². The number of hydrogen-bond donors (Lipinski definition) is 1. The third-order valence-electron chi connectivity index (χ3n) is 2.08. The zero-order valence-electron chi connectivity index (χ0n) is 8.05. The second-order valence-corrected chi connectivity index (χ2v) is 4.88. The maximum Gasteiger partial charge on any atom is 0.331 e. The zero-order chi connectivity index (χ0) is 11.8. The molecule has 0 saturated carbocycles. The Hall–Kier alpha value is -1.70. The van der Waals surface area contributed by atoms with Crippen LogP contribution in [0.15, 0.2) is 23.4 Å². The van der Waals surface area contributed by atoms with Crippen molar-refractivity contribution in [2.45, 2.75) is 5.03 Å². The Bertz CT molecular complexity index is 531. The third kappa shape index (κ3) is 1.60. The van der Waals surface area contributed by atoms with E-state index >= 15 is 0 Å². The van der Waals surface area contributed by atoms with E-state index in [2.05, 4.69) is 10.3 Å². The van der Waals surface area contributed by atoms with Crippen LogP contribution >= 0.6 is 0 Å². The minimum Gasteiger partial charge on any atom is -0.335 e. The van der Waals surface area contributed by atoms with Gasteiger partial charge >= 0.3 is 6.03 Å². The molecule has 2 heterocycles. The number of carbonyl (C=O) groups excluding carboxylic acids is 1. The van der Waals surface area contributed by atoms with Gasteiger partial charge in [0.25, 0.3) is 10.0 Å². The number of nitrogens with zero attached hydrogens (tertiary/aromatic N) is 2. The molecule has 1 N–H and O–H groups in total. The number of urea groups is 1. The summed E-state index contributed by atoms with van der Waals surface area (Å²) in [6.07, 6.45) is 1.16. The predicted octanol–water partition coefficient (Wildman–Crippen LogP) is -0.0654. The molecule has 0 aromatic carbocycles. The fourth-order valence-corrected chi connectivity index (χ4v) is 2.68. The van der Waals surface area contributed by atoms with Gasteiger partial charge in [-0.3, -0.25) is 0 Å². The van der Waals surface area contributed by atoms with E-state index in [0.717, 1.165) is 12.3 Å². The summed E-state index contributed by atoms with van der Waals surface area (Å²) < 4.78 is 37.5. The van der Waals surface area contributed by atoms with E-state index in [4.69, 9.17) is 0 Å². The molecule has 0 aliphatic carbocycles. The summed E-state index contributed by atoms with van der Waals surface area (Å²) in [5, 5.41) is 1.59. The van der Waals surface area contributed by atoms with Crippen LogP contribution in [0, 0.1) is 5.82 Å². The van der Waals surface area contributed by atoms with Gasteiger partial charge in [0.2, 0.25) is 5.03 Å². The Morgan fingerprint density at radius 1 is 1.50 bits per heavy atom. The number of amides is 2. The molecular formula is C8H8FN3O3S. The second-order valence-electron chi connectivity index (χ2n) is 3.10. The van der Waals surface area contributed by atoms with Crippen LogP contribution in [0.4, 0.5) is 9.18 Å². The summed E-state index contributed by atoms with van der Waals surface area (Å²) in [6, 6.07) is 1.50. The molecule has 2 amide bonds. The highest BCUT2D eigenvalue weighted by atomic mass is 32.2. The summed E-state index contributed by atoms with van der Waals surface area (Å²) in [4.78, 5) is 14.6.